The van der Waals surface area contributed by atoms with Crippen LogP contribution in [0.1, 0.15) is 122 Å². The van der Waals surface area contributed by atoms with Crippen molar-refractivity contribution in [3.63, 3.8) is 0 Å². The van der Waals surface area contributed by atoms with E-state index in [0.717, 1.165) is 24.8 Å². The Morgan fingerprint density at radius 3 is 2.57 bits per heavy atom. The van der Waals surface area contributed by atoms with Gasteiger partial charge in [-0.2, -0.15) is 0 Å². The number of aryl methyl sites for hydroxylation is 2. The highest BCUT2D eigenvalue weighted by Crippen LogP contribution is 2.51. The maximum absolute atomic E-state index is 16.8. The van der Waals surface area contributed by atoms with E-state index in [4.69, 9.17) is 14.5 Å². The molecule has 1 aromatic heterocycles. The van der Waals surface area contributed by atoms with Crippen LogP contribution in [0.3, 0.4) is 0 Å². The van der Waals surface area contributed by atoms with Gasteiger partial charge < -0.3 is 25.0 Å². The Bertz CT molecular complexity index is 2100. The molecule has 1 aromatic carbocycles. The molecule has 3 aliphatic heterocycles. The number of sulfonamides is 1. The Kier molecular flexibility index (Phi) is 10.2. The van der Waals surface area contributed by atoms with Crippen molar-refractivity contribution in [3.8, 4) is 5.75 Å². The molecule has 4 heterocycles. The lowest BCUT2D eigenvalue weighted by molar-refractivity contribution is -0.141. The number of nitrogens with zero attached hydrogens (tertiary/aromatic N) is 2. The number of ether oxygens (including phenoxy) is 2. The zero-order valence-electron chi connectivity index (χ0n) is 33.1. The minimum Gasteiger partial charge on any atom is -0.483 e. The average molecular weight is 796 g/mol. The van der Waals surface area contributed by atoms with Crippen LogP contribution in [-0.2, 0) is 35.6 Å². The summed E-state index contributed by atoms with van der Waals surface area (Å²) in [5.41, 5.74) is -1.28. The molecule has 3 fully saturated rings. The second kappa shape index (κ2) is 14.3. The zero-order chi connectivity index (χ0) is 40.4. The van der Waals surface area contributed by atoms with Gasteiger partial charge >= 0.3 is 6.09 Å². The Morgan fingerprint density at radius 1 is 1.12 bits per heavy atom. The summed E-state index contributed by atoms with van der Waals surface area (Å²) in [6, 6.07) is 3.42. The SMILES string of the molecule is CCc1ccc2nc(C)c3c(c2c1)C(F)C[C@]1(C[C@H]2C(=O)N[C@]4(C(=O)NS(=O)(=O)C5(C)CC5)CC4/C=C\CCCCC[C@H](NC(=O)OC(C)(C)C)C(=O)N2C1)O3. The molecule has 2 saturated carbocycles. The third kappa shape index (κ3) is 7.59. The van der Waals surface area contributed by atoms with Gasteiger partial charge in [0.2, 0.25) is 21.8 Å². The van der Waals surface area contributed by atoms with Gasteiger partial charge in [-0.25, -0.2) is 22.6 Å². The van der Waals surface area contributed by atoms with Gasteiger partial charge in [0.1, 0.15) is 40.7 Å². The number of carbonyl (C=O) groups is 4. The molecular weight excluding hydrogens is 742 g/mol. The topological polar surface area (TPSA) is 173 Å². The van der Waals surface area contributed by atoms with Crippen LogP contribution in [0.2, 0.25) is 0 Å². The highest BCUT2D eigenvalue weighted by atomic mass is 32.2. The predicted molar refractivity (Wildman–Crippen MR) is 207 cm³/mol. The van der Waals surface area contributed by atoms with Gasteiger partial charge in [-0.05, 0) is 97.3 Å². The van der Waals surface area contributed by atoms with E-state index in [1.165, 1.54) is 4.90 Å². The molecule has 0 bridgehead atoms. The van der Waals surface area contributed by atoms with Crippen molar-refractivity contribution in [2.75, 3.05) is 6.54 Å². The summed E-state index contributed by atoms with van der Waals surface area (Å²) in [6.07, 6.45) is 5.91. The molecule has 15 heteroatoms. The molecule has 13 nitrogen and oxygen atoms in total. The van der Waals surface area contributed by atoms with E-state index in [-0.39, 0.29) is 38.0 Å². The van der Waals surface area contributed by atoms with Crippen molar-refractivity contribution in [2.45, 2.75) is 152 Å². The highest BCUT2D eigenvalue weighted by Gasteiger charge is 2.64. The van der Waals surface area contributed by atoms with Gasteiger partial charge in [-0.3, -0.25) is 19.1 Å². The molecule has 56 heavy (non-hydrogen) atoms. The fourth-order valence-corrected chi connectivity index (χ4v) is 9.76. The largest absolute Gasteiger partial charge is 0.483 e. The third-order valence-electron chi connectivity index (χ3n) is 12.1. The number of carbonyl (C=O) groups excluding carboxylic acids is 4. The molecule has 2 aliphatic carbocycles. The van der Waals surface area contributed by atoms with Crippen LogP contribution in [-0.4, -0.2) is 82.2 Å². The normalized spacial score (nSPS) is 30.7. The number of pyridine rings is 1. The van der Waals surface area contributed by atoms with Crippen molar-refractivity contribution in [3.05, 3.63) is 47.2 Å². The molecule has 1 spiro atoms. The summed E-state index contributed by atoms with van der Waals surface area (Å²) in [6.45, 7) is 10.3. The summed E-state index contributed by atoms with van der Waals surface area (Å²) in [5.74, 6) is -2.32. The number of halogens is 1. The van der Waals surface area contributed by atoms with Crippen molar-refractivity contribution < 1.29 is 41.5 Å². The zero-order valence-corrected chi connectivity index (χ0v) is 33.9. The summed E-state index contributed by atoms with van der Waals surface area (Å²) in [7, 11) is -4.03. The molecule has 304 valence electrons. The number of amides is 4. The van der Waals surface area contributed by atoms with E-state index in [1.807, 2.05) is 37.3 Å². The van der Waals surface area contributed by atoms with Gasteiger partial charge in [-0.15, -0.1) is 0 Å². The maximum Gasteiger partial charge on any atom is 0.408 e. The number of fused-ring (bicyclic) bond motifs is 5. The fourth-order valence-electron chi connectivity index (χ4n) is 8.45. The van der Waals surface area contributed by atoms with Crippen molar-refractivity contribution in [2.24, 2.45) is 5.92 Å². The second-order valence-electron chi connectivity index (χ2n) is 17.7. The first-order valence-corrected chi connectivity index (χ1v) is 21.4. The van der Waals surface area contributed by atoms with E-state index >= 15 is 4.39 Å². The van der Waals surface area contributed by atoms with E-state index < -0.39 is 79.5 Å². The van der Waals surface area contributed by atoms with Crippen molar-refractivity contribution >= 4 is 44.7 Å². The summed E-state index contributed by atoms with van der Waals surface area (Å²) in [4.78, 5) is 62.5. The monoisotopic (exact) mass is 795 g/mol. The molecule has 2 aromatic rings. The van der Waals surface area contributed by atoms with Crippen LogP contribution in [0, 0.1) is 12.8 Å². The molecule has 6 atom stereocenters. The summed E-state index contributed by atoms with van der Waals surface area (Å²) < 4.78 is 56.7. The molecule has 3 N–H and O–H groups in total. The predicted octanol–water partition coefficient (Wildman–Crippen LogP) is 5.53. The molecular formula is C41H54FN5O8S. The van der Waals surface area contributed by atoms with Gasteiger partial charge in [0.05, 0.1) is 22.5 Å². The van der Waals surface area contributed by atoms with E-state index in [2.05, 4.69) is 15.4 Å². The Morgan fingerprint density at radius 2 is 1.88 bits per heavy atom. The smallest absolute Gasteiger partial charge is 0.408 e. The number of alkyl halides is 1. The van der Waals surface area contributed by atoms with Crippen LogP contribution in [0.15, 0.2) is 30.4 Å². The first-order chi connectivity index (χ1) is 26.3. The van der Waals surface area contributed by atoms with Gasteiger partial charge in [-0.1, -0.05) is 38.0 Å². The number of aromatic nitrogens is 1. The lowest BCUT2D eigenvalue weighted by atomic mass is 9.85. The highest BCUT2D eigenvalue weighted by molar-refractivity contribution is 7.91. The first kappa shape index (κ1) is 39.9. The van der Waals surface area contributed by atoms with Crippen LogP contribution in [0.4, 0.5) is 9.18 Å². The average Bonchev–Trinajstić information content (AvgIpc) is 4.01. The van der Waals surface area contributed by atoms with Crippen molar-refractivity contribution in [1.82, 2.24) is 25.2 Å². The Balaban J connectivity index is 1.26. The van der Waals surface area contributed by atoms with Gasteiger partial charge in [0.15, 0.2) is 0 Å². The number of allylic oxidation sites excluding steroid dienone is 1. The lowest BCUT2D eigenvalue weighted by Gasteiger charge is -2.38. The fraction of sp³-hybridized carbons (Fsp3) is 0.634. The van der Waals surface area contributed by atoms with Crippen LogP contribution in [0.25, 0.3) is 10.9 Å². The second-order valence-corrected chi connectivity index (χ2v) is 19.9. The van der Waals surface area contributed by atoms with E-state index in [0.29, 0.717) is 47.8 Å². The number of hydrogen-bond donors (Lipinski definition) is 3. The Hall–Kier alpha value is -4.27. The van der Waals surface area contributed by atoms with Gasteiger partial charge in [0, 0.05) is 29.7 Å². The van der Waals surface area contributed by atoms with Crippen LogP contribution in [0.5, 0.6) is 5.75 Å². The Labute approximate surface area is 328 Å². The number of benzene rings is 1. The van der Waals surface area contributed by atoms with Gasteiger partial charge in [0.25, 0.3) is 5.91 Å². The number of nitrogens with one attached hydrogen (secondary N) is 3. The van der Waals surface area contributed by atoms with Crippen LogP contribution < -0.4 is 20.1 Å². The molecule has 4 amide bonds. The third-order valence-corrected chi connectivity index (χ3v) is 14.3. The molecule has 1 saturated heterocycles. The lowest BCUT2D eigenvalue weighted by Crippen LogP contribution is -2.58. The first-order valence-electron chi connectivity index (χ1n) is 19.9. The molecule has 2 unspecified atom stereocenters. The summed E-state index contributed by atoms with van der Waals surface area (Å²) in [5, 5.41) is 6.26. The summed E-state index contributed by atoms with van der Waals surface area (Å²) >= 11 is 0. The molecule has 5 aliphatic rings. The number of hydrogen-bond acceptors (Lipinski definition) is 9. The van der Waals surface area contributed by atoms with Crippen molar-refractivity contribution in [1.29, 1.82) is 0 Å². The molecule has 7 rings (SSSR count). The minimum atomic E-state index is -4.03. The maximum atomic E-state index is 16.8. The van der Waals surface area contributed by atoms with E-state index in [9.17, 15) is 27.6 Å². The van der Waals surface area contributed by atoms with E-state index in [1.54, 1.807) is 34.6 Å². The standard InChI is InChI=1S/C41H54FN5O8S/c1-7-25-15-16-29-27(19-25)32-28(42)21-40(54-33(32)24(2)43-29)22-31-34(48)45-41(36(50)46-56(52,53)39(6)17-18-39)20-26(41)13-11-9-8-10-12-14-30(35(49)47(31)23-40)44-37(51)55-38(3,4)5/h11,13,15-16,19,26,28,30-31H,7-10,12,14,17-18,20-23H2,1-6H3,(H,44,51)(H,45,48)(H,46,50)/b13-11-/t26?,28?,30-,31-,40+,41+/m0/s1. The quantitative estimate of drug-likeness (QED) is 0.329. The molecule has 0 radical (unpaired) electrons. The minimum absolute atomic E-state index is 0.120. The van der Waals surface area contributed by atoms with Crippen LogP contribution >= 0.6 is 0 Å². The number of alkyl carbamates (subject to hydrolysis) is 1. The number of rotatable bonds is 5.